The molecule has 1 aromatic carbocycles. The number of nitrogens with two attached hydrogens (primary N) is 1. The molecule has 1 saturated heterocycles. The highest BCUT2D eigenvalue weighted by Crippen LogP contribution is 2.22. The number of H-pyrrole nitrogens is 1. The number of fused-ring (bicyclic) bond motifs is 1. The molecule has 0 spiro atoms. The summed E-state index contributed by atoms with van der Waals surface area (Å²) in [4.78, 5) is 27.8. The first kappa shape index (κ1) is 19.9. The largest absolute Gasteiger partial charge is 0.364 e. The molecule has 3 aromatic rings. The molecule has 3 N–H and O–H groups in total. The van der Waals surface area contributed by atoms with Gasteiger partial charge in [0.2, 0.25) is 5.95 Å². The van der Waals surface area contributed by atoms with Gasteiger partial charge in [0.25, 0.3) is 5.91 Å². The van der Waals surface area contributed by atoms with Crippen LogP contribution < -0.4 is 10.6 Å². The number of aromatic amines is 1. The molecule has 3 heterocycles. The highest BCUT2D eigenvalue weighted by molar-refractivity contribution is 5.90. The maximum Gasteiger partial charge on any atom is 0.267 e. The van der Waals surface area contributed by atoms with Gasteiger partial charge >= 0.3 is 0 Å². The second-order valence-corrected chi connectivity index (χ2v) is 7.73. The second kappa shape index (κ2) is 8.51. The van der Waals surface area contributed by atoms with E-state index in [1.54, 1.807) is 6.20 Å². The van der Waals surface area contributed by atoms with Crippen molar-refractivity contribution < 1.29 is 4.79 Å². The van der Waals surface area contributed by atoms with Gasteiger partial charge in [0, 0.05) is 49.0 Å². The number of nitrogens with zero attached hydrogens (tertiary/aromatic N) is 5. The molecule has 30 heavy (non-hydrogen) atoms. The van der Waals surface area contributed by atoms with Crippen molar-refractivity contribution in [1.29, 1.82) is 5.26 Å². The van der Waals surface area contributed by atoms with Gasteiger partial charge in [0.1, 0.15) is 5.69 Å². The summed E-state index contributed by atoms with van der Waals surface area (Å²) < 4.78 is 0. The lowest BCUT2D eigenvalue weighted by atomic mass is 10.1. The summed E-state index contributed by atoms with van der Waals surface area (Å²) in [5.41, 5.74) is 8.60. The van der Waals surface area contributed by atoms with E-state index >= 15 is 0 Å². The molecule has 154 valence electrons. The Kier molecular flexibility index (Phi) is 5.63. The van der Waals surface area contributed by atoms with Crippen LogP contribution in [0.1, 0.15) is 35.0 Å². The molecule has 0 bridgehead atoms. The van der Waals surface area contributed by atoms with Crippen molar-refractivity contribution in [3.63, 3.8) is 0 Å². The van der Waals surface area contributed by atoms with E-state index in [-0.39, 0.29) is 5.69 Å². The molecule has 1 aliphatic heterocycles. The summed E-state index contributed by atoms with van der Waals surface area (Å²) in [6, 6.07) is 9.87. The zero-order chi connectivity index (χ0) is 21.1. The Hall–Kier alpha value is -3.44. The van der Waals surface area contributed by atoms with Crippen LogP contribution in [0.3, 0.4) is 0 Å². The SMILES string of the molecule is CC1CN(c2nccc(C(N)=O)n2)CCN1CCCc1c[nH]c2ccc(C#N)cc12. The second-order valence-electron chi connectivity index (χ2n) is 7.73. The molecular weight excluding hydrogens is 378 g/mol. The molecule has 8 heteroatoms. The highest BCUT2D eigenvalue weighted by Gasteiger charge is 2.25. The smallest absolute Gasteiger partial charge is 0.267 e. The third kappa shape index (κ3) is 4.11. The van der Waals surface area contributed by atoms with Gasteiger partial charge in [-0.3, -0.25) is 9.69 Å². The van der Waals surface area contributed by atoms with E-state index in [0.717, 1.165) is 49.9 Å². The number of aromatic nitrogens is 3. The summed E-state index contributed by atoms with van der Waals surface area (Å²) in [5, 5.41) is 10.3. The van der Waals surface area contributed by atoms with Crippen molar-refractivity contribution >= 4 is 22.8 Å². The van der Waals surface area contributed by atoms with Crippen LogP contribution in [-0.2, 0) is 6.42 Å². The van der Waals surface area contributed by atoms with Gasteiger partial charge in [-0.05, 0) is 56.1 Å². The first-order valence-electron chi connectivity index (χ1n) is 10.2. The van der Waals surface area contributed by atoms with Crippen LogP contribution in [0.2, 0.25) is 0 Å². The van der Waals surface area contributed by atoms with Gasteiger partial charge < -0.3 is 15.6 Å². The maximum absolute atomic E-state index is 11.4. The Morgan fingerprint density at radius 1 is 1.37 bits per heavy atom. The fraction of sp³-hybridized carbons (Fsp3) is 0.364. The van der Waals surface area contributed by atoms with Crippen molar-refractivity contribution in [2.24, 2.45) is 5.73 Å². The van der Waals surface area contributed by atoms with Crippen LogP contribution in [0, 0.1) is 11.3 Å². The monoisotopic (exact) mass is 403 g/mol. The topological polar surface area (TPSA) is 115 Å². The van der Waals surface area contributed by atoms with E-state index in [4.69, 9.17) is 11.0 Å². The quantitative estimate of drug-likeness (QED) is 0.651. The van der Waals surface area contributed by atoms with Crippen molar-refractivity contribution in [3.8, 4) is 6.07 Å². The fourth-order valence-electron chi connectivity index (χ4n) is 4.07. The summed E-state index contributed by atoms with van der Waals surface area (Å²) >= 11 is 0. The number of rotatable bonds is 6. The van der Waals surface area contributed by atoms with Crippen LogP contribution in [0.4, 0.5) is 5.95 Å². The lowest BCUT2D eigenvalue weighted by molar-refractivity contribution is 0.0995. The number of carbonyl (C=O) groups is 1. The fourth-order valence-corrected chi connectivity index (χ4v) is 4.07. The van der Waals surface area contributed by atoms with Gasteiger partial charge in [0.05, 0.1) is 11.6 Å². The van der Waals surface area contributed by atoms with Crippen LogP contribution in [0.15, 0.2) is 36.7 Å². The molecule has 1 fully saturated rings. The summed E-state index contributed by atoms with van der Waals surface area (Å²) in [6.45, 7) is 5.74. The van der Waals surface area contributed by atoms with E-state index in [0.29, 0.717) is 17.6 Å². The minimum absolute atomic E-state index is 0.244. The van der Waals surface area contributed by atoms with Crippen LogP contribution in [-0.4, -0.2) is 58.0 Å². The Balaban J connectivity index is 1.34. The lowest BCUT2D eigenvalue weighted by Crippen LogP contribution is -2.52. The average molecular weight is 403 g/mol. The average Bonchev–Trinajstić information content (AvgIpc) is 3.17. The molecule has 1 atom stereocenters. The predicted molar refractivity (Wildman–Crippen MR) is 115 cm³/mol. The van der Waals surface area contributed by atoms with E-state index in [1.165, 1.54) is 11.6 Å². The Morgan fingerprint density at radius 2 is 2.23 bits per heavy atom. The molecule has 1 unspecified atom stereocenters. The van der Waals surface area contributed by atoms with Gasteiger partial charge in [-0.25, -0.2) is 9.97 Å². The molecule has 1 aliphatic rings. The van der Waals surface area contributed by atoms with Crippen molar-refractivity contribution in [2.45, 2.75) is 25.8 Å². The van der Waals surface area contributed by atoms with E-state index in [2.05, 4.69) is 43.9 Å². The third-order valence-electron chi connectivity index (χ3n) is 5.73. The van der Waals surface area contributed by atoms with Crippen molar-refractivity contribution in [1.82, 2.24) is 19.9 Å². The Labute approximate surface area is 175 Å². The normalized spacial score (nSPS) is 17.2. The highest BCUT2D eigenvalue weighted by atomic mass is 16.1. The summed E-state index contributed by atoms with van der Waals surface area (Å²) in [5.74, 6) is 0.0226. The number of nitriles is 1. The van der Waals surface area contributed by atoms with Gasteiger partial charge in [-0.15, -0.1) is 0 Å². The number of carbonyl (C=O) groups excluding carboxylic acids is 1. The zero-order valence-corrected chi connectivity index (χ0v) is 17.0. The van der Waals surface area contributed by atoms with E-state index in [1.807, 2.05) is 18.2 Å². The first-order valence-corrected chi connectivity index (χ1v) is 10.2. The van der Waals surface area contributed by atoms with Gasteiger partial charge in [-0.1, -0.05) is 0 Å². The Bertz CT molecular complexity index is 1100. The minimum atomic E-state index is -0.537. The van der Waals surface area contributed by atoms with E-state index < -0.39 is 5.91 Å². The van der Waals surface area contributed by atoms with Gasteiger partial charge in [-0.2, -0.15) is 5.26 Å². The first-order chi connectivity index (χ1) is 14.5. The molecule has 0 radical (unpaired) electrons. The molecule has 8 nitrogen and oxygen atoms in total. The predicted octanol–water partition coefficient (Wildman–Crippen LogP) is 2.07. The number of piperazine rings is 1. The molecule has 0 saturated carbocycles. The Morgan fingerprint density at radius 3 is 3.00 bits per heavy atom. The standard InChI is InChI=1S/C22H25N7O/c1-15-14-29(22-25-7-6-20(27-22)21(24)30)10-9-28(15)8-2-3-17-13-26-19-5-4-16(12-23)11-18(17)19/h4-7,11,13,15,26H,2-3,8-10,14H2,1H3,(H2,24,30). The molecule has 0 aliphatic carbocycles. The van der Waals surface area contributed by atoms with Crippen LogP contribution in [0.5, 0.6) is 0 Å². The lowest BCUT2D eigenvalue weighted by Gasteiger charge is -2.40. The van der Waals surface area contributed by atoms with E-state index in [9.17, 15) is 4.79 Å². The number of hydrogen-bond donors (Lipinski definition) is 2. The number of amides is 1. The number of nitrogens with one attached hydrogen (secondary N) is 1. The zero-order valence-electron chi connectivity index (χ0n) is 17.0. The number of primary amides is 1. The number of hydrogen-bond acceptors (Lipinski definition) is 6. The van der Waals surface area contributed by atoms with Crippen molar-refractivity contribution in [2.75, 3.05) is 31.1 Å². The van der Waals surface area contributed by atoms with Gasteiger partial charge in [0.15, 0.2) is 0 Å². The molecule has 1 amide bonds. The number of benzene rings is 1. The van der Waals surface area contributed by atoms with Crippen LogP contribution in [0.25, 0.3) is 10.9 Å². The molecule has 4 rings (SSSR count). The summed E-state index contributed by atoms with van der Waals surface area (Å²) in [7, 11) is 0. The minimum Gasteiger partial charge on any atom is -0.364 e. The summed E-state index contributed by atoms with van der Waals surface area (Å²) in [6.07, 6.45) is 5.64. The maximum atomic E-state index is 11.4. The number of anilines is 1. The third-order valence-corrected chi connectivity index (χ3v) is 5.73. The molecule has 2 aromatic heterocycles. The van der Waals surface area contributed by atoms with Crippen LogP contribution >= 0.6 is 0 Å². The van der Waals surface area contributed by atoms with Crippen molar-refractivity contribution in [3.05, 3.63) is 53.5 Å². The number of aryl methyl sites for hydroxylation is 1. The molecular formula is C22H25N7O.